The van der Waals surface area contributed by atoms with E-state index in [9.17, 15) is 14.0 Å². The fourth-order valence-electron chi connectivity index (χ4n) is 1.50. The molecule has 0 aliphatic heterocycles. The van der Waals surface area contributed by atoms with Gasteiger partial charge in [-0.1, -0.05) is 13.8 Å². The highest BCUT2D eigenvalue weighted by Gasteiger charge is 2.15. The number of benzene rings is 1. The lowest BCUT2D eigenvalue weighted by Gasteiger charge is -2.14. The summed E-state index contributed by atoms with van der Waals surface area (Å²) >= 11 is 0. The second-order valence-corrected chi connectivity index (χ2v) is 4.69. The summed E-state index contributed by atoms with van der Waals surface area (Å²) in [4.78, 5) is 23.2. The minimum atomic E-state index is -0.673. The predicted molar refractivity (Wildman–Crippen MR) is 69.4 cm³/mol. The normalized spacial score (nSPS) is 12.1. The lowest BCUT2D eigenvalue weighted by molar-refractivity contribution is -0.123. The van der Waals surface area contributed by atoms with Gasteiger partial charge in [-0.25, -0.2) is 4.39 Å². The summed E-state index contributed by atoms with van der Waals surface area (Å²) in [5.41, 5.74) is 10.4. The first-order valence-corrected chi connectivity index (χ1v) is 6.01. The van der Waals surface area contributed by atoms with Crippen LogP contribution < -0.4 is 16.6 Å². The molecule has 6 heteroatoms. The maximum Gasteiger partial charge on any atom is 0.269 e. The van der Waals surface area contributed by atoms with Gasteiger partial charge in [0.2, 0.25) is 0 Å². The highest BCUT2D eigenvalue weighted by atomic mass is 19.1. The van der Waals surface area contributed by atoms with E-state index in [1.807, 2.05) is 13.8 Å². The van der Waals surface area contributed by atoms with Gasteiger partial charge in [0.15, 0.2) is 0 Å². The molecule has 0 aliphatic carbocycles. The van der Waals surface area contributed by atoms with Crippen LogP contribution in [0.15, 0.2) is 24.3 Å². The molecule has 4 N–H and O–H groups in total. The first-order chi connectivity index (χ1) is 8.90. The van der Waals surface area contributed by atoms with Gasteiger partial charge >= 0.3 is 0 Å². The molecule has 1 aromatic carbocycles. The molecular weight excluding hydrogens is 249 g/mol. The maximum absolute atomic E-state index is 12.7. The van der Waals surface area contributed by atoms with E-state index in [-0.39, 0.29) is 11.5 Å². The number of nitrogens with two attached hydrogens (primary N) is 1. The predicted octanol–water partition coefficient (Wildman–Crippen LogP) is 0.960. The van der Waals surface area contributed by atoms with Gasteiger partial charge in [-0.3, -0.25) is 20.4 Å². The van der Waals surface area contributed by atoms with E-state index in [4.69, 9.17) is 5.73 Å². The zero-order chi connectivity index (χ0) is 14.4. The number of carbonyl (C=O) groups is 2. The van der Waals surface area contributed by atoms with E-state index in [0.29, 0.717) is 6.42 Å². The van der Waals surface area contributed by atoms with Gasteiger partial charge in [0.25, 0.3) is 11.8 Å². The molecule has 0 heterocycles. The van der Waals surface area contributed by atoms with Crippen LogP contribution in [-0.2, 0) is 4.79 Å². The standard InChI is InChI=1S/C13H18FN3O2/c1-8(2)7-11(15)13(19)17-16-12(18)9-3-5-10(14)6-4-9/h3-6,8,11H,7,15H2,1-2H3,(H,16,18)(H,17,19). The molecule has 2 amide bonds. The van der Waals surface area contributed by atoms with Crippen molar-refractivity contribution in [2.24, 2.45) is 11.7 Å². The fraction of sp³-hybridized carbons (Fsp3) is 0.385. The lowest BCUT2D eigenvalue weighted by atomic mass is 10.0. The molecule has 1 unspecified atom stereocenters. The Morgan fingerprint density at radius 3 is 2.32 bits per heavy atom. The van der Waals surface area contributed by atoms with Crippen molar-refractivity contribution in [3.05, 3.63) is 35.6 Å². The van der Waals surface area contributed by atoms with E-state index in [2.05, 4.69) is 10.9 Å². The number of carbonyl (C=O) groups excluding carboxylic acids is 2. The number of nitrogens with one attached hydrogen (secondary N) is 2. The fourth-order valence-corrected chi connectivity index (χ4v) is 1.50. The van der Waals surface area contributed by atoms with Crippen LogP contribution in [0.2, 0.25) is 0 Å². The van der Waals surface area contributed by atoms with Gasteiger partial charge in [-0.05, 0) is 36.6 Å². The van der Waals surface area contributed by atoms with Crippen molar-refractivity contribution in [3.63, 3.8) is 0 Å². The summed E-state index contributed by atoms with van der Waals surface area (Å²) in [6, 6.07) is 4.31. The van der Waals surface area contributed by atoms with E-state index in [0.717, 1.165) is 0 Å². The molecule has 0 saturated carbocycles. The quantitative estimate of drug-likeness (QED) is 0.710. The monoisotopic (exact) mass is 267 g/mol. The Morgan fingerprint density at radius 2 is 1.79 bits per heavy atom. The topological polar surface area (TPSA) is 84.2 Å². The van der Waals surface area contributed by atoms with Crippen molar-refractivity contribution in [1.29, 1.82) is 0 Å². The van der Waals surface area contributed by atoms with Gasteiger partial charge in [0.05, 0.1) is 6.04 Å². The zero-order valence-corrected chi connectivity index (χ0v) is 10.9. The third-order valence-corrected chi connectivity index (χ3v) is 2.47. The smallest absolute Gasteiger partial charge is 0.269 e. The largest absolute Gasteiger partial charge is 0.320 e. The van der Waals surface area contributed by atoms with Gasteiger partial charge < -0.3 is 5.73 Å². The zero-order valence-electron chi connectivity index (χ0n) is 10.9. The van der Waals surface area contributed by atoms with E-state index >= 15 is 0 Å². The molecule has 0 radical (unpaired) electrons. The Morgan fingerprint density at radius 1 is 1.21 bits per heavy atom. The van der Waals surface area contributed by atoms with Gasteiger partial charge in [0, 0.05) is 5.56 Å². The Kier molecular flexibility index (Phi) is 5.44. The molecule has 0 bridgehead atoms. The van der Waals surface area contributed by atoms with Gasteiger partial charge in [0.1, 0.15) is 5.82 Å². The van der Waals surface area contributed by atoms with Crippen molar-refractivity contribution in [1.82, 2.24) is 10.9 Å². The van der Waals surface area contributed by atoms with E-state index in [1.54, 1.807) is 0 Å². The van der Waals surface area contributed by atoms with E-state index in [1.165, 1.54) is 24.3 Å². The minimum Gasteiger partial charge on any atom is -0.320 e. The molecule has 1 rings (SSSR count). The maximum atomic E-state index is 12.7. The average molecular weight is 267 g/mol. The Labute approximate surface area is 111 Å². The van der Waals surface area contributed by atoms with Crippen LogP contribution >= 0.6 is 0 Å². The Hall–Kier alpha value is -1.95. The summed E-state index contributed by atoms with van der Waals surface area (Å²) in [6.07, 6.45) is 0.526. The molecule has 0 fully saturated rings. The molecular formula is C13H18FN3O2. The highest BCUT2D eigenvalue weighted by molar-refractivity contribution is 5.95. The average Bonchev–Trinajstić information content (AvgIpc) is 2.35. The summed E-state index contributed by atoms with van der Waals surface area (Å²) in [6.45, 7) is 3.90. The van der Waals surface area contributed by atoms with Crippen molar-refractivity contribution in [2.45, 2.75) is 26.3 Å². The Bertz CT molecular complexity index is 446. The van der Waals surface area contributed by atoms with Gasteiger partial charge in [-0.2, -0.15) is 0 Å². The number of hydrogen-bond acceptors (Lipinski definition) is 3. The number of hydrogen-bond donors (Lipinski definition) is 3. The molecule has 0 aliphatic rings. The first-order valence-electron chi connectivity index (χ1n) is 6.01. The molecule has 0 aromatic heterocycles. The van der Waals surface area contributed by atoms with Gasteiger partial charge in [-0.15, -0.1) is 0 Å². The molecule has 1 aromatic rings. The third-order valence-electron chi connectivity index (χ3n) is 2.47. The van der Waals surface area contributed by atoms with Crippen LogP contribution in [0.1, 0.15) is 30.6 Å². The van der Waals surface area contributed by atoms with Crippen molar-refractivity contribution in [2.75, 3.05) is 0 Å². The SMILES string of the molecule is CC(C)CC(N)C(=O)NNC(=O)c1ccc(F)cc1. The number of amides is 2. The summed E-state index contributed by atoms with van der Waals surface area (Å²) in [7, 11) is 0. The second kappa shape index (κ2) is 6.84. The van der Waals surface area contributed by atoms with Crippen molar-refractivity contribution in [3.8, 4) is 0 Å². The van der Waals surface area contributed by atoms with Crippen LogP contribution in [0, 0.1) is 11.7 Å². The number of halogens is 1. The molecule has 0 saturated heterocycles. The van der Waals surface area contributed by atoms with E-state index < -0.39 is 23.7 Å². The summed E-state index contributed by atoms with van der Waals surface area (Å²) in [5.74, 6) is -1.12. The molecule has 5 nitrogen and oxygen atoms in total. The number of rotatable bonds is 4. The van der Waals surface area contributed by atoms with Crippen LogP contribution in [0.4, 0.5) is 4.39 Å². The van der Waals surface area contributed by atoms with Crippen molar-refractivity contribution < 1.29 is 14.0 Å². The van der Waals surface area contributed by atoms with Crippen LogP contribution in [0.5, 0.6) is 0 Å². The molecule has 1 atom stereocenters. The molecule has 0 spiro atoms. The Balaban J connectivity index is 2.46. The summed E-state index contributed by atoms with van der Waals surface area (Å²) in [5, 5.41) is 0. The number of hydrazine groups is 1. The first kappa shape index (κ1) is 15.1. The second-order valence-electron chi connectivity index (χ2n) is 4.69. The van der Waals surface area contributed by atoms with Crippen LogP contribution in [0.25, 0.3) is 0 Å². The third kappa shape index (κ3) is 5.05. The highest BCUT2D eigenvalue weighted by Crippen LogP contribution is 2.03. The van der Waals surface area contributed by atoms with Crippen LogP contribution in [0.3, 0.4) is 0 Å². The van der Waals surface area contributed by atoms with Crippen LogP contribution in [-0.4, -0.2) is 17.9 Å². The molecule has 104 valence electrons. The molecule has 19 heavy (non-hydrogen) atoms. The van der Waals surface area contributed by atoms with Crippen molar-refractivity contribution >= 4 is 11.8 Å². The lowest BCUT2D eigenvalue weighted by Crippen LogP contribution is -2.49. The minimum absolute atomic E-state index is 0.249. The summed E-state index contributed by atoms with van der Waals surface area (Å²) < 4.78 is 12.7.